The van der Waals surface area contributed by atoms with Crippen molar-refractivity contribution in [3.05, 3.63) is 47.0 Å². The normalized spacial score (nSPS) is 14.9. The van der Waals surface area contributed by atoms with Crippen molar-refractivity contribution >= 4 is 5.97 Å². The van der Waals surface area contributed by atoms with Crippen LogP contribution in [-0.4, -0.2) is 12.6 Å². The molecule has 0 saturated carbocycles. The summed E-state index contributed by atoms with van der Waals surface area (Å²) < 4.78 is 4.74. The molecule has 0 unspecified atom stereocenters. The number of carbonyl (C=O) groups is 1. The molecule has 0 aromatic carbocycles. The third kappa shape index (κ3) is 2.60. The number of esters is 1. The number of allylic oxidation sites excluding steroid dienone is 5. The van der Waals surface area contributed by atoms with Gasteiger partial charge in [0.2, 0.25) is 0 Å². The molecule has 0 saturated heterocycles. The van der Waals surface area contributed by atoms with Crippen LogP contribution in [0, 0.1) is 6.57 Å². The molecule has 1 aliphatic rings. The average molecular weight is 189 g/mol. The van der Waals surface area contributed by atoms with Gasteiger partial charge in [-0.05, 0) is 19.4 Å². The fourth-order valence-corrected chi connectivity index (χ4v) is 1.09. The van der Waals surface area contributed by atoms with Crippen LogP contribution in [0.2, 0.25) is 0 Å². The Morgan fingerprint density at radius 3 is 3.07 bits per heavy atom. The number of hydrogen-bond acceptors (Lipinski definition) is 2. The average Bonchev–Trinajstić information content (AvgIpc) is 2.66. The summed E-state index contributed by atoms with van der Waals surface area (Å²) in [6.45, 7) is 8.85. The Morgan fingerprint density at radius 1 is 1.79 bits per heavy atom. The van der Waals surface area contributed by atoms with Gasteiger partial charge in [-0.15, -0.1) is 0 Å². The predicted molar refractivity (Wildman–Crippen MR) is 53.2 cm³/mol. The number of hydrogen-bond donors (Lipinski definition) is 0. The lowest BCUT2D eigenvalue weighted by atomic mass is 10.2. The van der Waals surface area contributed by atoms with Gasteiger partial charge in [0.15, 0.2) is 0 Å². The molecule has 1 aliphatic carbocycles. The zero-order chi connectivity index (χ0) is 10.4. The summed E-state index contributed by atoms with van der Waals surface area (Å²) in [5.41, 5.74) is 1.01. The molecule has 14 heavy (non-hydrogen) atoms. The van der Waals surface area contributed by atoms with Gasteiger partial charge < -0.3 is 4.74 Å². The third-order valence-electron chi connectivity index (χ3n) is 1.73. The maximum absolute atomic E-state index is 11.2. The molecule has 0 aliphatic heterocycles. The highest BCUT2D eigenvalue weighted by molar-refractivity contribution is 5.91. The molecular weight excluding hydrogens is 178 g/mol. The molecule has 0 aromatic rings. The van der Waals surface area contributed by atoms with Gasteiger partial charge in [0.05, 0.1) is 13.2 Å². The van der Waals surface area contributed by atoms with Gasteiger partial charge >= 0.3 is 5.97 Å². The van der Waals surface area contributed by atoms with Crippen LogP contribution in [0.1, 0.15) is 13.3 Å². The number of rotatable bonds is 3. The summed E-state index contributed by atoms with van der Waals surface area (Å²) in [7, 11) is 0. The van der Waals surface area contributed by atoms with Crippen molar-refractivity contribution in [2.45, 2.75) is 13.3 Å². The highest BCUT2D eigenvalue weighted by Crippen LogP contribution is 2.15. The minimum absolute atomic E-state index is 0.0433. The first-order chi connectivity index (χ1) is 6.77. The highest BCUT2D eigenvalue weighted by Gasteiger charge is 2.11. The summed E-state index contributed by atoms with van der Waals surface area (Å²) in [4.78, 5) is 14.3. The lowest BCUT2D eigenvalue weighted by molar-refractivity contribution is -0.138. The van der Waals surface area contributed by atoms with Gasteiger partial charge in [-0.2, -0.15) is 0 Å². The standard InChI is InChI=1S/C11H11NO2/c1-3-14-11(13)10(12-2)8-9-6-4-5-7-9/h4-6,8H,3,7H2,1H3/b10-8-. The maximum Gasteiger partial charge on any atom is 0.336 e. The van der Waals surface area contributed by atoms with Gasteiger partial charge in [-0.25, -0.2) is 4.85 Å². The van der Waals surface area contributed by atoms with Crippen LogP contribution < -0.4 is 0 Å². The van der Waals surface area contributed by atoms with Gasteiger partial charge in [0, 0.05) is 0 Å². The van der Waals surface area contributed by atoms with Crippen LogP contribution in [0.5, 0.6) is 0 Å². The zero-order valence-corrected chi connectivity index (χ0v) is 7.99. The first-order valence-corrected chi connectivity index (χ1v) is 4.40. The number of nitrogens with zero attached hydrogens (tertiary/aromatic N) is 1. The topological polar surface area (TPSA) is 30.7 Å². The molecule has 0 bridgehead atoms. The minimum Gasteiger partial charge on any atom is -0.471 e. The largest absolute Gasteiger partial charge is 0.471 e. The van der Waals surface area contributed by atoms with Crippen LogP contribution in [0.25, 0.3) is 4.85 Å². The molecule has 0 N–H and O–H groups in total. The van der Waals surface area contributed by atoms with Crippen molar-refractivity contribution in [2.75, 3.05) is 6.61 Å². The van der Waals surface area contributed by atoms with Crippen molar-refractivity contribution in [2.24, 2.45) is 0 Å². The first kappa shape index (κ1) is 10.3. The summed E-state index contributed by atoms with van der Waals surface area (Å²) in [5.74, 6) is -0.546. The Morgan fingerprint density at radius 2 is 2.57 bits per heavy atom. The zero-order valence-electron chi connectivity index (χ0n) is 7.99. The highest BCUT2D eigenvalue weighted by atomic mass is 16.5. The lowest BCUT2D eigenvalue weighted by Crippen LogP contribution is -2.05. The lowest BCUT2D eigenvalue weighted by Gasteiger charge is -1.99. The Hall–Kier alpha value is -1.82. The van der Waals surface area contributed by atoms with E-state index in [9.17, 15) is 4.79 Å². The predicted octanol–water partition coefficient (Wildman–Crippen LogP) is 2.24. The first-order valence-electron chi connectivity index (χ1n) is 4.40. The van der Waals surface area contributed by atoms with E-state index in [0.29, 0.717) is 6.61 Å². The SMILES string of the molecule is [C-]#[N+]/C(=C\C1=CC=CC1)C(=O)OCC. The molecule has 1 rings (SSSR count). The van der Waals surface area contributed by atoms with Gasteiger partial charge in [0.25, 0.3) is 5.70 Å². The molecule has 0 aromatic heterocycles. The molecule has 3 nitrogen and oxygen atoms in total. The third-order valence-corrected chi connectivity index (χ3v) is 1.73. The van der Waals surface area contributed by atoms with Crippen molar-refractivity contribution in [3.63, 3.8) is 0 Å². The molecule has 0 atom stereocenters. The van der Waals surface area contributed by atoms with Gasteiger partial charge in [-0.3, -0.25) is 4.79 Å². The summed E-state index contributed by atoms with van der Waals surface area (Å²) in [6, 6.07) is 0. The van der Waals surface area contributed by atoms with E-state index in [1.165, 1.54) is 0 Å². The van der Waals surface area contributed by atoms with Crippen LogP contribution in [-0.2, 0) is 9.53 Å². The Balaban J connectivity index is 2.72. The van der Waals surface area contributed by atoms with E-state index < -0.39 is 5.97 Å². The molecular formula is C11H11NO2. The van der Waals surface area contributed by atoms with Crippen molar-refractivity contribution in [3.8, 4) is 0 Å². The second-order valence-electron chi connectivity index (χ2n) is 2.74. The molecule has 0 radical (unpaired) electrons. The number of ether oxygens (including phenoxy) is 1. The monoisotopic (exact) mass is 189 g/mol. The fraction of sp³-hybridized carbons (Fsp3) is 0.273. The minimum atomic E-state index is -0.546. The van der Waals surface area contributed by atoms with Crippen LogP contribution >= 0.6 is 0 Å². The van der Waals surface area contributed by atoms with E-state index in [2.05, 4.69) is 4.85 Å². The summed E-state index contributed by atoms with van der Waals surface area (Å²) >= 11 is 0. The van der Waals surface area contributed by atoms with E-state index in [1.54, 1.807) is 13.0 Å². The Bertz CT molecular complexity index is 356. The van der Waals surface area contributed by atoms with E-state index in [1.807, 2.05) is 18.2 Å². The van der Waals surface area contributed by atoms with Crippen LogP contribution in [0.3, 0.4) is 0 Å². The van der Waals surface area contributed by atoms with Crippen molar-refractivity contribution < 1.29 is 9.53 Å². The van der Waals surface area contributed by atoms with Gasteiger partial charge in [0.1, 0.15) is 0 Å². The molecule has 0 heterocycles. The van der Waals surface area contributed by atoms with Crippen molar-refractivity contribution in [1.82, 2.24) is 0 Å². The molecule has 0 fully saturated rings. The summed E-state index contributed by atoms with van der Waals surface area (Å²) in [6.07, 6.45) is 8.10. The second kappa shape index (κ2) is 5.03. The maximum atomic E-state index is 11.2. The van der Waals surface area contributed by atoms with E-state index >= 15 is 0 Å². The molecule has 0 spiro atoms. The quantitative estimate of drug-likeness (QED) is 0.387. The van der Waals surface area contributed by atoms with E-state index in [-0.39, 0.29) is 5.70 Å². The molecule has 72 valence electrons. The summed E-state index contributed by atoms with van der Waals surface area (Å²) in [5, 5.41) is 0. The van der Waals surface area contributed by atoms with Crippen LogP contribution in [0.4, 0.5) is 0 Å². The van der Waals surface area contributed by atoms with Crippen LogP contribution in [0.15, 0.2) is 35.6 Å². The Labute approximate surface area is 83.2 Å². The molecule has 3 heteroatoms. The van der Waals surface area contributed by atoms with Gasteiger partial charge in [-0.1, -0.05) is 23.8 Å². The fourth-order valence-electron chi connectivity index (χ4n) is 1.09. The molecule has 0 amide bonds. The Kier molecular flexibility index (Phi) is 3.69. The smallest absolute Gasteiger partial charge is 0.336 e. The van der Waals surface area contributed by atoms with Crippen molar-refractivity contribution in [1.29, 1.82) is 0 Å². The van der Waals surface area contributed by atoms with E-state index in [4.69, 9.17) is 11.3 Å². The number of carbonyl (C=O) groups excluding carboxylic acids is 1. The van der Waals surface area contributed by atoms with E-state index in [0.717, 1.165) is 12.0 Å². The second-order valence-corrected chi connectivity index (χ2v) is 2.74.